The number of hydrogen-bond acceptors (Lipinski definition) is 2. The van der Waals surface area contributed by atoms with Gasteiger partial charge in [0, 0.05) is 0 Å². The molecule has 0 amide bonds. The quantitative estimate of drug-likeness (QED) is 0.423. The molecule has 0 aromatic heterocycles. The highest BCUT2D eigenvalue weighted by atomic mass is 16.5. The molecule has 0 fully saturated rings. The van der Waals surface area contributed by atoms with E-state index in [-0.39, 0.29) is 0 Å². The molecular formula is C7H12O2. The first-order chi connectivity index (χ1) is 4.41. The fourth-order valence-electron chi connectivity index (χ4n) is 0.343. The van der Waals surface area contributed by atoms with Crippen LogP contribution in [0, 0.1) is 0 Å². The van der Waals surface area contributed by atoms with Gasteiger partial charge in [0.15, 0.2) is 0 Å². The molecule has 0 bridgehead atoms. The molecule has 0 N–H and O–H groups in total. The van der Waals surface area contributed by atoms with Crippen LogP contribution in [-0.4, -0.2) is 13.7 Å². The Hall–Kier alpha value is -0.920. The molecule has 0 saturated heterocycles. The summed E-state index contributed by atoms with van der Waals surface area (Å²) in [6.07, 6.45) is 6.85. The molecule has 2 nitrogen and oxygen atoms in total. The predicted octanol–water partition coefficient (Wildman–Crippen LogP) is 1.70. The van der Waals surface area contributed by atoms with Gasteiger partial charge < -0.3 is 9.47 Å². The highest BCUT2D eigenvalue weighted by Crippen LogP contribution is 1.78. The maximum Gasteiger partial charge on any atom is 0.109 e. The van der Waals surface area contributed by atoms with Crippen molar-refractivity contribution >= 4 is 0 Å². The van der Waals surface area contributed by atoms with Crippen molar-refractivity contribution in [1.82, 2.24) is 0 Å². The van der Waals surface area contributed by atoms with E-state index >= 15 is 0 Å². The van der Waals surface area contributed by atoms with Crippen LogP contribution in [0.1, 0.15) is 6.92 Å². The average Bonchev–Trinajstić information content (AvgIpc) is 1.89. The second kappa shape index (κ2) is 7.08. The molecule has 0 saturated carbocycles. The largest absolute Gasteiger partial charge is 0.505 e. The molecular weight excluding hydrogens is 116 g/mol. The Balaban J connectivity index is 2.99. The third-order valence-electron chi connectivity index (χ3n) is 0.657. The molecule has 0 atom stereocenters. The Morgan fingerprint density at radius 2 is 2.11 bits per heavy atom. The van der Waals surface area contributed by atoms with Gasteiger partial charge in [-0.25, -0.2) is 0 Å². The van der Waals surface area contributed by atoms with Crippen LogP contribution in [0.2, 0.25) is 0 Å². The van der Waals surface area contributed by atoms with Crippen LogP contribution >= 0.6 is 0 Å². The molecule has 0 radical (unpaired) electrons. The fourth-order valence-corrected chi connectivity index (χ4v) is 0.343. The lowest BCUT2D eigenvalue weighted by Crippen LogP contribution is -1.79. The van der Waals surface area contributed by atoms with Gasteiger partial charge in [-0.15, -0.1) is 0 Å². The second-order valence-corrected chi connectivity index (χ2v) is 1.41. The molecule has 52 valence electrons. The van der Waals surface area contributed by atoms with Crippen LogP contribution in [0.3, 0.4) is 0 Å². The van der Waals surface area contributed by atoms with Crippen molar-refractivity contribution in [2.75, 3.05) is 13.7 Å². The molecule has 0 rings (SSSR count). The van der Waals surface area contributed by atoms with Gasteiger partial charge in [-0.2, -0.15) is 0 Å². The fraction of sp³-hybridized carbons (Fsp3) is 0.429. The van der Waals surface area contributed by atoms with Gasteiger partial charge in [0.25, 0.3) is 0 Å². The lowest BCUT2D eigenvalue weighted by atomic mass is 10.7. The molecule has 2 heteroatoms. The number of ether oxygens (including phenoxy) is 2. The van der Waals surface area contributed by atoms with E-state index in [9.17, 15) is 0 Å². The van der Waals surface area contributed by atoms with Crippen molar-refractivity contribution in [3.63, 3.8) is 0 Å². The molecule has 0 heterocycles. The Kier molecular flexibility index (Phi) is 6.36. The van der Waals surface area contributed by atoms with Gasteiger partial charge in [0.2, 0.25) is 0 Å². The summed E-state index contributed by atoms with van der Waals surface area (Å²) in [6.45, 7) is 2.47. The summed E-state index contributed by atoms with van der Waals surface area (Å²) in [5, 5.41) is 0. The molecule has 9 heavy (non-hydrogen) atoms. The highest BCUT2D eigenvalue weighted by molar-refractivity contribution is 4.74. The van der Waals surface area contributed by atoms with Crippen molar-refractivity contribution in [3.05, 3.63) is 24.7 Å². The van der Waals surface area contributed by atoms with Gasteiger partial charge in [0.1, 0.15) is 6.61 Å². The third-order valence-corrected chi connectivity index (χ3v) is 0.657. The summed E-state index contributed by atoms with van der Waals surface area (Å²) in [5.74, 6) is 0. The second-order valence-electron chi connectivity index (χ2n) is 1.41. The number of hydrogen-bond donors (Lipinski definition) is 0. The number of allylic oxidation sites excluding steroid dienone is 1. The van der Waals surface area contributed by atoms with E-state index in [0.29, 0.717) is 6.61 Å². The maximum atomic E-state index is 4.94. The van der Waals surface area contributed by atoms with Crippen LogP contribution in [-0.2, 0) is 9.47 Å². The van der Waals surface area contributed by atoms with E-state index in [2.05, 4.69) is 4.74 Å². The van der Waals surface area contributed by atoms with Gasteiger partial charge in [0.05, 0.1) is 19.6 Å². The number of methoxy groups -OCH3 is 1. The van der Waals surface area contributed by atoms with E-state index in [4.69, 9.17) is 4.74 Å². The maximum absolute atomic E-state index is 4.94. The standard InChI is InChI=1S/C7H12O2/c1-3-5-9-7-4-6-8-2/h3-6H,7H2,1-2H3. The minimum Gasteiger partial charge on any atom is -0.505 e. The first kappa shape index (κ1) is 8.08. The monoisotopic (exact) mass is 128 g/mol. The van der Waals surface area contributed by atoms with E-state index in [0.717, 1.165) is 0 Å². The smallest absolute Gasteiger partial charge is 0.109 e. The minimum atomic E-state index is 0.568. The molecule has 0 unspecified atom stereocenters. The van der Waals surface area contributed by atoms with Gasteiger partial charge in [-0.3, -0.25) is 0 Å². The molecule has 0 aliphatic rings. The normalized spacial score (nSPS) is 10.9. The lowest BCUT2D eigenvalue weighted by Gasteiger charge is -1.91. The first-order valence-corrected chi connectivity index (χ1v) is 2.82. The van der Waals surface area contributed by atoms with Crippen LogP contribution in [0.4, 0.5) is 0 Å². The van der Waals surface area contributed by atoms with E-state index in [1.165, 1.54) is 0 Å². The summed E-state index contributed by atoms with van der Waals surface area (Å²) in [7, 11) is 1.60. The van der Waals surface area contributed by atoms with Crippen LogP contribution in [0.5, 0.6) is 0 Å². The van der Waals surface area contributed by atoms with Crippen molar-refractivity contribution in [1.29, 1.82) is 0 Å². The molecule has 0 aromatic rings. The van der Waals surface area contributed by atoms with Crippen molar-refractivity contribution < 1.29 is 9.47 Å². The summed E-state index contributed by atoms with van der Waals surface area (Å²) >= 11 is 0. The van der Waals surface area contributed by atoms with Crippen molar-refractivity contribution in [2.45, 2.75) is 6.92 Å². The lowest BCUT2D eigenvalue weighted by molar-refractivity contribution is 0.279. The molecule has 0 aliphatic heterocycles. The van der Waals surface area contributed by atoms with Crippen LogP contribution in [0.25, 0.3) is 0 Å². The molecule has 0 aliphatic carbocycles. The van der Waals surface area contributed by atoms with E-state index in [1.807, 2.05) is 13.0 Å². The zero-order valence-electron chi connectivity index (χ0n) is 5.83. The van der Waals surface area contributed by atoms with Gasteiger partial charge in [-0.1, -0.05) is 6.08 Å². The van der Waals surface area contributed by atoms with Gasteiger partial charge >= 0.3 is 0 Å². The average molecular weight is 128 g/mol. The Morgan fingerprint density at radius 3 is 2.67 bits per heavy atom. The summed E-state index contributed by atoms with van der Waals surface area (Å²) in [4.78, 5) is 0. The van der Waals surface area contributed by atoms with Crippen molar-refractivity contribution in [2.24, 2.45) is 0 Å². The zero-order valence-corrected chi connectivity index (χ0v) is 5.83. The van der Waals surface area contributed by atoms with E-state index < -0.39 is 0 Å². The number of rotatable bonds is 4. The van der Waals surface area contributed by atoms with Gasteiger partial charge in [-0.05, 0) is 13.0 Å². The SMILES string of the molecule is CC=COCC=COC. The Bertz CT molecular complexity index is 95.1. The van der Waals surface area contributed by atoms with E-state index in [1.54, 1.807) is 25.7 Å². The van der Waals surface area contributed by atoms with Crippen LogP contribution < -0.4 is 0 Å². The first-order valence-electron chi connectivity index (χ1n) is 2.82. The zero-order chi connectivity index (χ0) is 6.95. The van der Waals surface area contributed by atoms with Crippen molar-refractivity contribution in [3.8, 4) is 0 Å². The summed E-state index contributed by atoms with van der Waals surface area (Å²) in [6, 6.07) is 0. The predicted molar refractivity (Wildman–Crippen MR) is 36.9 cm³/mol. The summed E-state index contributed by atoms with van der Waals surface area (Å²) < 4.78 is 9.57. The van der Waals surface area contributed by atoms with Crippen LogP contribution in [0.15, 0.2) is 24.7 Å². The minimum absolute atomic E-state index is 0.568. The molecule has 0 aromatic carbocycles. The Morgan fingerprint density at radius 1 is 1.33 bits per heavy atom. The highest BCUT2D eigenvalue weighted by Gasteiger charge is 1.70. The molecule has 0 spiro atoms. The topological polar surface area (TPSA) is 18.5 Å². The Labute approximate surface area is 55.8 Å². The summed E-state index contributed by atoms with van der Waals surface area (Å²) in [5.41, 5.74) is 0. The third kappa shape index (κ3) is 7.08.